The third kappa shape index (κ3) is 1.50. The molecule has 0 radical (unpaired) electrons. The zero-order chi connectivity index (χ0) is 7.40. The molecule has 2 N–H and O–H groups in total. The highest BCUT2D eigenvalue weighted by Gasteiger charge is 2.17. The molecule has 1 rings (SSSR count). The molecule has 1 fully saturated rings. The van der Waals surface area contributed by atoms with Crippen LogP contribution in [-0.2, 0) is 4.79 Å². The number of nitrogens with two attached hydrogens (primary N) is 1. The fraction of sp³-hybridized carbons (Fsp3) is 0.571. The highest BCUT2D eigenvalue weighted by Crippen LogP contribution is 2.08. The molecule has 1 heterocycles. The van der Waals surface area contributed by atoms with E-state index in [9.17, 15) is 4.79 Å². The number of hydrogen-bond donors (Lipinski definition) is 1. The van der Waals surface area contributed by atoms with E-state index in [-0.39, 0.29) is 5.91 Å². The molecule has 0 aliphatic carbocycles. The molecular formula is C7H12N2O. The summed E-state index contributed by atoms with van der Waals surface area (Å²) in [6.45, 7) is 1.57. The van der Waals surface area contributed by atoms with Gasteiger partial charge in [-0.2, -0.15) is 0 Å². The van der Waals surface area contributed by atoms with Crippen LogP contribution in [0.1, 0.15) is 12.8 Å². The van der Waals surface area contributed by atoms with Crippen molar-refractivity contribution in [3.8, 4) is 0 Å². The molecule has 1 aliphatic rings. The smallest absolute Gasteiger partial charge is 0.222 e. The van der Waals surface area contributed by atoms with E-state index >= 15 is 0 Å². The van der Waals surface area contributed by atoms with Gasteiger partial charge in [0.1, 0.15) is 0 Å². The summed E-state index contributed by atoms with van der Waals surface area (Å²) >= 11 is 0. The van der Waals surface area contributed by atoms with Crippen LogP contribution in [0.3, 0.4) is 0 Å². The Labute approximate surface area is 60.5 Å². The molecule has 10 heavy (non-hydrogen) atoms. The predicted octanol–water partition coefficient (Wildman–Crippen LogP) is 0.0812. The van der Waals surface area contributed by atoms with Crippen LogP contribution in [0.25, 0.3) is 0 Å². The zero-order valence-corrected chi connectivity index (χ0v) is 5.92. The molecule has 0 unspecified atom stereocenters. The minimum absolute atomic E-state index is 0.248. The Kier molecular flexibility index (Phi) is 2.31. The van der Waals surface area contributed by atoms with E-state index in [0.717, 1.165) is 13.0 Å². The van der Waals surface area contributed by atoms with Crippen molar-refractivity contribution in [1.82, 2.24) is 4.90 Å². The van der Waals surface area contributed by atoms with Gasteiger partial charge in [0.25, 0.3) is 0 Å². The summed E-state index contributed by atoms with van der Waals surface area (Å²) in [4.78, 5) is 12.7. The number of likely N-dealkylation sites (tertiary alicyclic amines) is 1. The Morgan fingerprint density at radius 2 is 2.50 bits per heavy atom. The largest absolute Gasteiger partial charge is 0.405 e. The molecule has 1 aliphatic heterocycles. The average Bonchev–Trinajstić information content (AvgIpc) is 2.31. The number of carbonyl (C=O) groups is 1. The van der Waals surface area contributed by atoms with E-state index in [4.69, 9.17) is 5.73 Å². The fourth-order valence-electron chi connectivity index (χ4n) is 1.09. The lowest BCUT2D eigenvalue weighted by Crippen LogP contribution is -2.24. The summed E-state index contributed by atoms with van der Waals surface area (Å²) in [6, 6.07) is 0. The van der Waals surface area contributed by atoms with Gasteiger partial charge in [0.15, 0.2) is 0 Å². The van der Waals surface area contributed by atoms with Crippen molar-refractivity contribution in [2.75, 3.05) is 13.1 Å². The van der Waals surface area contributed by atoms with Crippen molar-refractivity contribution in [3.63, 3.8) is 0 Å². The summed E-state index contributed by atoms with van der Waals surface area (Å²) < 4.78 is 0. The third-order valence-electron chi connectivity index (χ3n) is 1.63. The Bertz CT molecular complexity index is 154. The maximum absolute atomic E-state index is 10.9. The van der Waals surface area contributed by atoms with Crippen molar-refractivity contribution >= 4 is 5.91 Å². The zero-order valence-electron chi connectivity index (χ0n) is 5.92. The Morgan fingerprint density at radius 1 is 1.70 bits per heavy atom. The second-order valence-electron chi connectivity index (χ2n) is 2.37. The van der Waals surface area contributed by atoms with E-state index in [0.29, 0.717) is 13.0 Å². The van der Waals surface area contributed by atoms with Crippen LogP contribution in [0.15, 0.2) is 12.3 Å². The van der Waals surface area contributed by atoms with Gasteiger partial charge >= 0.3 is 0 Å². The Hall–Kier alpha value is -0.990. The SMILES string of the molecule is N/C=C/CN1CCCC1=O. The van der Waals surface area contributed by atoms with Crippen LogP contribution < -0.4 is 5.73 Å². The van der Waals surface area contributed by atoms with Crippen LogP contribution in [-0.4, -0.2) is 23.9 Å². The fourth-order valence-corrected chi connectivity index (χ4v) is 1.09. The van der Waals surface area contributed by atoms with Crippen molar-refractivity contribution in [1.29, 1.82) is 0 Å². The summed E-state index contributed by atoms with van der Waals surface area (Å²) in [6.07, 6.45) is 4.98. The van der Waals surface area contributed by atoms with Crippen LogP contribution in [0.2, 0.25) is 0 Å². The third-order valence-corrected chi connectivity index (χ3v) is 1.63. The first kappa shape index (κ1) is 7.12. The highest BCUT2D eigenvalue weighted by atomic mass is 16.2. The van der Waals surface area contributed by atoms with Crippen LogP contribution in [0, 0.1) is 0 Å². The highest BCUT2D eigenvalue weighted by molar-refractivity contribution is 5.78. The molecular weight excluding hydrogens is 128 g/mol. The van der Waals surface area contributed by atoms with E-state index in [1.165, 1.54) is 6.20 Å². The van der Waals surface area contributed by atoms with Gasteiger partial charge in [-0.1, -0.05) is 0 Å². The molecule has 0 aromatic carbocycles. The van der Waals surface area contributed by atoms with Crippen molar-refractivity contribution < 1.29 is 4.79 Å². The Balaban J connectivity index is 2.33. The van der Waals surface area contributed by atoms with Gasteiger partial charge in [-0.25, -0.2) is 0 Å². The summed E-state index contributed by atoms with van der Waals surface area (Å²) in [7, 11) is 0. The minimum atomic E-state index is 0.248. The first-order valence-electron chi connectivity index (χ1n) is 3.49. The molecule has 0 bridgehead atoms. The maximum Gasteiger partial charge on any atom is 0.222 e. The number of carbonyl (C=O) groups excluding carboxylic acids is 1. The van der Waals surface area contributed by atoms with Gasteiger partial charge in [0.2, 0.25) is 5.91 Å². The standard InChI is InChI=1S/C7H12N2O/c8-4-2-6-9-5-1-3-7(9)10/h2,4H,1,3,5-6,8H2/b4-2+. The van der Waals surface area contributed by atoms with Gasteiger partial charge in [-0.3, -0.25) is 4.79 Å². The maximum atomic E-state index is 10.9. The minimum Gasteiger partial charge on any atom is -0.405 e. The number of nitrogens with zero attached hydrogens (tertiary/aromatic N) is 1. The molecule has 3 nitrogen and oxygen atoms in total. The molecule has 0 atom stereocenters. The molecule has 1 amide bonds. The van der Waals surface area contributed by atoms with Gasteiger partial charge in [-0.05, 0) is 18.7 Å². The topological polar surface area (TPSA) is 46.3 Å². The second-order valence-corrected chi connectivity index (χ2v) is 2.37. The average molecular weight is 140 g/mol. The summed E-state index contributed by atoms with van der Waals surface area (Å²) in [5.41, 5.74) is 5.13. The lowest BCUT2D eigenvalue weighted by molar-refractivity contribution is -0.127. The molecule has 0 aromatic rings. The van der Waals surface area contributed by atoms with Crippen LogP contribution in [0.4, 0.5) is 0 Å². The molecule has 56 valence electrons. The number of hydrogen-bond acceptors (Lipinski definition) is 2. The summed E-state index contributed by atoms with van der Waals surface area (Å²) in [5.74, 6) is 0.248. The lowest BCUT2D eigenvalue weighted by Gasteiger charge is -2.11. The van der Waals surface area contributed by atoms with Gasteiger partial charge < -0.3 is 10.6 Å². The lowest BCUT2D eigenvalue weighted by atomic mass is 10.4. The molecule has 3 heteroatoms. The van der Waals surface area contributed by atoms with Gasteiger partial charge in [-0.15, -0.1) is 0 Å². The second kappa shape index (κ2) is 3.25. The van der Waals surface area contributed by atoms with E-state index in [1.807, 2.05) is 4.90 Å². The Morgan fingerprint density at radius 3 is 3.00 bits per heavy atom. The predicted molar refractivity (Wildman–Crippen MR) is 39.1 cm³/mol. The van der Waals surface area contributed by atoms with Gasteiger partial charge in [0, 0.05) is 19.5 Å². The molecule has 0 spiro atoms. The molecule has 1 saturated heterocycles. The first-order valence-corrected chi connectivity index (χ1v) is 3.49. The van der Waals surface area contributed by atoms with Crippen molar-refractivity contribution in [2.24, 2.45) is 5.73 Å². The van der Waals surface area contributed by atoms with E-state index < -0.39 is 0 Å². The summed E-state index contributed by atoms with van der Waals surface area (Å²) in [5, 5.41) is 0. The number of amides is 1. The van der Waals surface area contributed by atoms with Crippen LogP contribution in [0.5, 0.6) is 0 Å². The van der Waals surface area contributed by atoms with E-state index in [1.54, 1.807) is 6.08 Å². The monoisotopic (exact) mass is 140 g/mol. The normalized spacial score (nSPS) is 19.2. The molecule has 0 saturated carbocycles. The quantitative estimate of drug-likeness (QED) is 0.590. The number of rotatable bonds is 2. The van der Waals surface area contributed by atoms with E-state index in [2.05, 4.69) is 0 Å². The van der Waals surface area contributed by atoms with Gasteiger partial charge in [0.05, 0.1) is 0 Å². The molecule has 0 aromatic heterocycles. The van der Waals surface area contributed by atoms with Crippen molar-refractivity contribution in [2.45, 2.75) is 12.8 Å². The first-order chi connectivity index (χ1) is 4.84. The van der Waals surface area contributed by atoms with Crippen molar-refractivity contribution in [3.05, 3.63) is 12.3 Å². The van der Waals surface area contributed by atoms with Crippen LogP contribution >= 0.6 is 0 Å².